The first-order chi connectivity index (χ1) is 12.4. The van der Waals surface area contributed by atoms with Crippen molar-refractivity contribution in [3.63, 3.8) is 0 Å². The lowest BCUT2D eigenvalue weighted by molar-refractivity contribution is -0.144. The highest BCUT2D eigenvalue weighted by Crippen LogP contribution is 2.32. The summed E-state index contributed by atoms with van der Waals surface area (Å²) in [6, 6.07) is 9.38. The standard InChI is InChI=1S/C18H16Cl2FNO3S/c1-11-2-7-14(19)18(17(11)20)22-15(23)8-25-16(24)10-26-9-12-3-5-13(21)6-4-12/h2-7H,8-10H2,1H3,(H,22,23). The van der Waals surface area contributed by atoms with Crippen LogP contribution in [-0.2, 0) is 20.1 Å². The molecule has 0 saturated heterocycles. The molecule has 26 heavy (non-hydrogen) atoms. The average Bonchev–Trinajstić information content (AvgIpc) is 2.62. The zero-order chi connectivity index (χ0) is 19.1. The van der Waals surface area contributed by atoms with Crippen LogP contribution in [0.1, 0.15) is 11.1 Å². The van der Waals surface area contributed by atoms with Crippen LogP contribution in [0.3, 0.4) is 0 Å². The van der Waals surface area contributed by atoms with Crippen LogP contribution in [0.4, 0.5) is 10.1 Å². The number of ether oxygens (including phenoxy) is 1. The van der Waals surface area contributed by atoms with E-state index in [0.717, 1.165) is 11.1 Å². The van der Waals surface area contributed by atoms with E-state index in [1.54, 1.807) is 31.2 Å². The van der Waals surface area contributed by atoms with Gasteiger partial charge in [-0.3, -0.25) is 9.59 Å². The van der Waals surface area contributed by atoms with Crippen molar-refractivity contribution in [2.24, 2.45) is 0 Å². The fraction of sp³-hybridized carbons (Fsp3) is 0.222. The minimum absolute atomic E-state index is 0.0800. The highest BCUT2D eigenvalue weighted by molar-refractivity contribution is 7.99. The highest BCUT2D eigenvalue weighted by atomic mass is 35.5. The Balaban J connectivity index is 1.74. The maximum atomic E-state index is 12.8. The van der Waals surface area contributed by atoms with Crippen LogP contribution in [0.5, 0.6) is 0 Å². The third-order valence-corrected chi connectivity index (χ3v) is 5.09. The maximum Gasteiger partial charge on any atom is 0.316 e. The van der Waals surface area contributed by atoms with Gasteiger partial charge in [0.1, 0.15) is 5.82 Å². The van der Waals surface area contributed by atoms with Gasteiger partial charge in [-0.05, 0) is 36.2 Å². The zero-order valence-corrected chi connectivity index (χ0v) is 16.2. The highest BCUT2D eigenvalue weighted by Gasteiger charge is 2.13. The van der Waals surface area contributed by atoms with Crippen molar-refractivity contribution in [2.75, 3.05) is 17.7 Å². The normalized spacial score (nSPS) is 10.5. The van der Waals surface area contributed by atoms with Gasteiger partial charge < -0.3 is 10.1 Å². The maximum absolute atomic E-state index is 12.8. The van der Waals surface area contributed by atoms with Gasteiger partial charge in [0.15, 0.2) is 6.61 Å². The largest absolute Gasteiger partial charge is 0.455 e. The third-order valence-electron chi connectivity index (χ3n) is 3.31. The SMILES string of the molecule is Cc1ccc(Cl)c(NC(=O)COC(=O)CSCc2ccc(F)cc2)c1Cl. The number of carbonyl (C=O) groups excluding carboxylic acids is 2. The number of hydrogen-bond donors (Lipinski definition) is 1. The predicted molar refractivity (Wildman–Crippen MR) is 103 cm³/mol. The molecular weight excluding hydrogens is 400 g/mol. The van der Waals surface area contributed by atoms with E-state index >= 15 is 0 Å². The van der Waals surface area contributed by atoms with E-state index in [0.29, 0.717) is 21.5 Å². The monoisotopic (exact) mass is 415 g/mol. The molecule has 0 saturated carbocycles. The Morgan fingerprint density at radius 2 is 1.85 bits per heavy atom. The molecule has 0 unspecified atom stereocenters. The Morgan fingerprint density at radius 3 is 2.54 bits per heavy atom. The van der Waals surface area contributed by atoms with E-state index in [1.807, 2.05) is 0 Å². The van der Waals surface area contributed by atoms with Gasteiger partial charge in [-0.2, -0.15) is 0 Å². The smallest absolute Gasteiger partial charge is 0.316 e. The second-order valence-corrected chi connectivity index (χ2v) is 7.15. The first kappa shape index (κ1) is 20.6. The number of hydrogen-bond acceptors (Lipinski definition) is 4. The van der Waals surface area contributed by atoms with Crippen LogP contribution in [0.25, 0.3) is 0 Å². The molecule has 138 valence electrons. The van der Waals surface area contributed by atoms with Gasteiger partial charge >= 0.3 is 5.97 Å². The van der Waals surface area contributed by atoms with E-state index in [1.165, 1.54) is 23.9 Å². The Kier molecular flexibility index (Phi) is 7.75. The number of carbonyl (C=O) groups is 2. The molecule has 8 heteroatoms. The molecule has 0 aliphatic carbocycles. The lowest BCUT2D eigenvalue weighted by Gasteiger charge is -2.11. The van der Waals surface area contributed by atoms with Crippen LogP contribution in [-0.4, -0.2) is 24.2 Å². The summed E-state index contributed by atoms with van der Waals surface area (Å²) < 4.78 is 17.7. The van der Waals surface area contributed by atoms with Gasteiger partial charge in [-0.1, -0.05) is 41.4 Å². The molecule has 0 radical (unpaired) electrons. The number of rotatable bonds is 7. The number of anilines is 1. The van der Waals surface area contributed by atoms with E-state index < -0.39 is 18.5 Å². The van der Waals surface area contributed by atoms with Gasteiger partial charge in [0.05, 0.1) is 21.5 Å². The number of aryl methyl sites for hydroxylation is 1. The Bertz CT molecular complexity index is 800. The van der Waals surface area contributed by atoms with Gasteiger partial charge in [-0.15, -0.1) is 11.8 Å². The van der Waals surface area contributed by atoms with E-state index in [-0.39, 0.29) is 11.6 Å². The number of nitrogens with one attached hydrogen (secondary N) is 1. The molecule has 2 aromatic rings. The summed E-state index contributed by atoms with van der Waals surface area (Å²) in [6.07, 6.45) is 0. The molecule has 1 N–H and O–H groups in total. The van der Waals surface area contributed by atoms with E-state index in [4.69, 9.17) is 27.9 Å². The van der Waals surface area contributed by atoms with E-state index in [9.17, 15) is 14.0 Å². The molecule has 0 bridgehead atoms. The summed E-state index contributed by atoms with van der Waals surface area (Å²) in [5, 5.41) is 3.18. The summed E-state index contributed by atoms with van der Waals surface area (Å²) in [6.45, 7) is 1.35. The van der Waals surface area contributed by atoms with Crippen LogP contribution in [0, 0.1) is 12.7 Å². The number of amides is 1. The Morgan fingerprint density at radius 1 is 1.15 bits per heavy atom. The summed E-state index contributed by atoms with van der Waals surface area (Å²) in [4.78, 5) is 23.6. The van der Waals surface area contributed by atoms with Gasteiger partial charge in [0.2, 0.25) is 0 Å². The first-order valence-corrected chi connectivity index (χ1v) is 9.50. The van der Waals surface area contributed by atoms with Crippen LogP contribution < -0.4 is 5.32 Å². The Labute approximate surface area is 165 Å². The van der Waals surface area contributed by atoms with Crippen LogP contribution in [0.15, 0.2) is 36.4 Å². The van der Waals surface area contributed by atoms with Crippen molar-refractivity contribution in [1.29, 1.82) is 0 Å². The molecule has 0 aliphatic rings. The molecule has 4 nitrogen and oxygen atoms in total. The predicted octanol–water partition coefficient (Wildman–Crippen LogP) is 4.86. The first-order valence-electron chi connectivity index (χ1n) is 7.59. The lowest BCUT2D eigenvalue weighted by Crippen LogP contribution is -2.22. The summed E-state index contributed by atoms with van der Waals surface area (Å²) in [5.41, 5.74) is 1.95. The molecular formula is C18H16Cl2FNO3S. The molecule has 0 aliphatic heterocycles. The number of halogens is 3. The third kappa shape index (κ3) is 6.20. The van der Waals surface area contributed by atoms with Crippen molar-refractivity contribution in [2.45, 2.75) is 12.7 Å². The molecule has 0 fully saturated rings. The molecule has 2 aromatic carbocycles. The molecule has 0 aromatic heterocycles. The van der Waals surface area contributed by atoms with Crippen molar-refractivity contribution >= 4 is 52.5 Å². The van der Waals surface area contributed by atoms with Crippen molar-refractivity contribution in [3.05, 3.63) is 63.4 Å². The number of esters is 1. The number of benzene rings is 2. The summed E-state index contributed by atoms with van der Waals surface area (Å²) in [5.74, 6) is -0.741. The topological polar surface area (TPSA) is 55.4 Å². The van der Waals surface area contributed by atoms with Crippen LogP contribution >= 0.6 is 35.0 Å². The molecule has 0 spiro atoms. The fourth-order valence-corrected chi connectivity index (χ4v) is 3.21. The zero-order valence-electron chi connectivity index (χ0n) is 13.9. The van der Waals surface area contributed by atoms with Crippen molar-refractivity contribution in [1.82, 2.24) is 0 Å². The van der Waals surface area contributed by atoms with Crippen LogP contribution in [0.2, 0.25) is 10.0 Å². The molecule has 1 amide bonds. The second-order valence-electron chi connectivity index (χ2n) is 5.38. The lowest BCUT2D eigenvalue weighted by atomic mass is 10.2. The second kappa shape index (κ2) is 9.80. The fourth-order valence-electron chi connectivity index (χ4n) is 1.97. The van der Waals surface area contributed by atoms with Crippen molar-refractivity contribution in [3.8, 4) is 0 Å². The molecule has 0 heterocycles. The van der Waals surface area contributed by atoms with Gasteiger partial charge in [0, 0.05) is 5.75 Å². The molecule has 2 rings (SSSR count). The van der Waals surface area contributed by atoms with Gasteiger partial charge in [-0.25, -0.2) is 4.39 Å². The average molecular weight is 416 g/mol. The van der Waals surface area contributed by atoms with E-state index in [2.05, 4.69) is 5.32 Å². The minimum atomic E-state index is -0.531. The van der Waals surface area contributed by atoms with Gasteiger partial charge in [0.25, 0.3) is 5.91 Å². The molecule has 0 atom stereocenters. The summed E-state index contributed by atoms with van der Waals surface area (Å²) in [7, 11) is 0. The Hall–Kier alpha value is -1.76. The minimum Gasteiger partial charge on any atom is -0.455 e. The van der Waals surface area contributed by atoms with Crippen molar-refractivity contribution < 1.29 is 18.7 Å². The quantitative estimate of drug-likeness (QED) is 0.656. The summed E-state index contributed by atoms with van der Waals surface area (Å²) >= 11 is 13.4. The number of thioether (sulfide) groups is 1.